The summed E-state index contributed by atoms with van der Waals surface area (Å²) in [5.41, 5.74) is 0.0193. The second-order valence-corrected chi connectivity index (χ2v) is 7.17. The van der Waals surface area contributed by atoms with Crippen LogP contribution in [0, 0.1) is 6.92 Å². The predicted octanol–water partition coefficient (Wildman–Crippen LogP) is 2.36. The van der Waals surface area contributed by atoms with Crippen LogP contribution in [-0.4, -0.2) is 73.6 Å². The van der Waals surface area contributed by atoms with Crippen molar-refractivity contribution in [3.63, 3.8) is 0 Å². The molecule has 1 aliphatic heterocycles. The van der Waals surface area contributed by atoms with E-state index in [0.29, 0.717) is 0 Å². The molecule has 1 saturated carbocycles. The van der Waals surface area contributed by atoms with E-state index in [1.54, 1.807) is 0 Å². The molecule has 0 N–H and O–H groups in total. The highest BCUT2D eigenvalue weighted by Crippen LogP contribution is 2.35. The summed E-state index contributed by atoms with van der Waals surface area (Å²) >= 11 is 0. The SMILES string of the molecule is [CH]C1(N2CCC(N(C)CCN(C)C)CC2)CCCCC1. The van der Waals surface area contributed by atoms with Gasteiger partial charge in [-0.25, -0.2) is 0 Å². The number of piperidine rings is 1. The molecular weight excluding hydrogens is 246 g/mol. The van der Waals surface area contributed by atoms with Crippen molar-refractivity contribution >= 4 is 0 Å². The van der Waals surface area contributed by atoms with Crippen molar-refractivity contribution in [2.24, 2.45) is 0 Å². The largest absolute Gasteiger partial charge is 0.308 e. The average molecular weight is 279 g/mol. The Bertz CT molecular complexity index is 276. The standard InChI is InChI=1S/C17H33N3/c1-17(10-6-5-7-11-17)20-12-8-16(9-13-20)19(4)15-14-18(2)3/h1,16H,5-15H2,2-4H3. The topological polar surface area (TPSA) is 9.72 Å². The zero-order valence-electron chi connectivity index (χ0n) is 13.8. The fourth-order valence-electron chi connectivity index (χ4n) is 3.77. The zero-order chi connectivity index (χ0) is 14.6. The highest BCUT2D eigenvalue weighted by atomic mass is 15.2. The Morgan fingerprint density at radius 3 is 2.15 bits per heavy atom. The van der Waals surface area contributed by atoms with Crippen molar-refractivity contribution in [3.05, 3.63) is 6.92 Å². The van der Waals surface area contributed by atoms with Gasteiger partial charge in [-0.05, 0) is 53.8 Å². The van der Waals surface area contributed by atoms with Gasteiger partial charge in [-0.3, -0.25) is 4.90 Å². The lowest BCUT2D eigenvalue weighted by atomic mass is 9.80. The molecule has 1 aliphatic carbocycles. The van der Waals surface area contributed by atoms with E-state index in [0.717, 1.165) is 12.6 Å². The molecule has 1 heterocycles. The van der Waals surface area contributed by atoms with Crippen LogP contribution in [-0.2, 0) is 0 Å². The molecule has 20 heavy (non-hydrogen) atoms. The third kappa shape index (κ3) is 4.19. The van der Waals surface area contributed by atoms with Gasteiger partial charge in [0.15, 0.2) is 0 Å². The lowest BCUT2D eigenvalue weighted by Crippen LogP contribution is -2.54. The minimum atomic E-state index is 0.0193. The molecule has 0 aromatic carbocycles. The van der Waals surface area contributed by atoms with Gasteiger partial charge in [-0.2, -0.15) is 0 Å². The first kappa shape index (κ1) is 16.3. The Morgan fingerprint density at radius 2 is 1.60 bits per heavy atom. The third-order valence-corrected chi connectivity index (χ3v) is 5.34. The smallest absolute Gasteiger partial charge is 0.0244 e. The number of likely N-dealkylation sites (N-methyl/N-ethyl adjacent to an activating group) is 2. The predicted molar refractivity (Wildman–Crippen MR) is 85.9 cm³/mol. The molecule has 2 rings (SSSR count). The van der Waals surface area contributed by atoms with E-state index in [2.05, 4.69) is 35.8 Å². The fourth-order valence-corrected chi connectivity index (χ4v) is 3.77. The van der Waals surface area contributed by atoms with Crippen LogP contribution in [0.2, 0.25) is 0 Å². The Kier molecular flexibility index (Phi) is 5.88. The molecule has 2 fully saturated rings. The number of likely N-dealkylation sites (tertiary alicyclic amines) is 1. The summed E-state index contributed by atoms with van der Waals surface area (Å²) in [6.45, 7) is 11.4. The van der Waals surface area contributed by atoms with Crippen LogP contribution in [0.4, 0.5) is 0 Å². The van der Waals surface area contributed by atoms with Crippen molar-refractivity contribution in [2.75, 3.05) is 47.3 Å². The van der Waals surface area contributed by atoms with Crippen LogP contribution in [0.3, 0.4) is 0 Å². The number of hydrogen-bond donors (Lipinski definition) is 0. The minimum Gasteiger partial charge on any atom is -0.308 e. The Labute approximate surface area is 126 Å². The quantitative estimate of drug-likeness (QED) is 0.765. The lowest BCUT2D eigenvalue weighted by Gasteiger charge is -2.48. The summed E-state index contributed by atoms with van der Waals surface area (Å²) in [5, 5.41) is 0. The van der Waals surface area contributed by atoms with Gasteiger partial charge >= 0.3 is 0 Å². The zero-order valence-corrected chi connectivity index (χ0v) is 13.8. The maximum atomic E-state index is 6.66. The van der Waals surface area contributed by atoms with Crippen molar-refractivity contribution in [1.29, 1.82) is 0 Å². The molecular formula is C17H33N3. The molecule has 0 spiro atoms. The second-order valence-electron chi connectivity index (χ2n) is 7.17. The summed E-state index contributed by atoms with van der Waals surface area (Å²) in [6.07, 6.45) is 8.98. The number of nitrogens with zero attached hydrogens (tertiary/aromatic N) is 3. The van der Waals surface area contributed by atoms with E-state index in [4.69, 9.17) is 6.92 Å². The van der Waals surface area contributed by atoms with Gasteiger partial charge in [0.05, 0.1) is 0 Å². The molecule has 0 aromatic heterocycles. The highest BCUT2D eigenvalue weighted by molar-refractivity contribution is 4.97. The van der Waals surface area contributed by atoms with E-state index in [9.17, 15) is 0 Å². The Hall–Kier alpha value is -0.120. The van der Waals surface area contributed by atoms with E-state index < -0.39 is 0 Å². The normalized spacial score (nSPS) is 25.5. The van der Waals surface area contributed by atoms with Gasteiger partial charge in [-0.15, -0.1) is 0 Å². The van der Waals surface area contributed by atoms with Crippen LogP contribution in [0.15, 0.2) is 0 Å². The van der Waals surface area contributed by atoms with E-state index in [-0.39, 0.29) is 5.54 Å². The molecule has 3 nitrogen and oxygen atoms in total. The molecule has 3 heteroatoms. The maximum Gasteiger partial charge on any atom is 0.0244 e. The van der Waals surface area contributed by atoms with Crippen molar-refractivity contribution in [1.82, 2.24) is 14.7 Å². The molecule has 1 saturated heterocycles. The highest BCUT2D eigenvalue weighted by Gasteiger charge is 2.36. The summed E-state index contributed by atoms with van der Waals surface area (Å²) in [5.74, 6) is 0. The van der Waals surface area contributed by atoms with E-state index in [1.165, 1.54) is 64.6 Å². The molecule has 0 aromatic rings. The van der Waals surface area contributed by atoms with Crippen LogP contribution in [0.5, 0.6) is 0 Å². The van der Waals surface area contributed by atoms with Gasteiger partial charge in [0, 0.05) is 37.8 Å². The molecule has 0 atom stereocenters. The number of rotatable bonds is 5. The van der Waals surface area contributed by atoms with Gasteiger partial charge in [-0.1, -0.05) is 19.3 Å². The van der Waals surface area contributed by atoms with Gasteiger partial charge in [0.1, 0.15) is 0 Å². The summed E-state index contributed by atoms with van der Waals surface area (Å²) in [4.78, 5) is 7.40. The lowest BCUT2D eigenvalue weighted by molar-refractivity contribution is 0.0379. The Morgan fingerprint density at radius 1 is 1.00 bits per heavy atom. The number of hydrogen-bond acceptors (Lipinski definition) is 3. The van der Waals surface area contributed by atoms with Gasteiger partial charge in [0.25, 0.3) is 0 Å². The van der Waals surface area contributed by atoms with Crippen LogP contribution in [0.1, 0.15) is 44.9 Å². The van der Waals surface area contributed by atoms with Crippen molar-refractivity contribution in [3.8, 4) is 0 Å². The second kappa shape index (κ2) is 7.24. The maximum absolute atomic E-state index is 6.66. The molecule has 2 radical (unpaired) electrons. The molecule has 0 amide bonds. The Balaban J connectivity index is 1.77. The summed E-state index contributed by atoms with van der Waals surface area (Å²) < 4.78 is 0. The first-order valence-corrected chi connectivity index (χ1v) is 8.40. The minimum absolute atomic E-state index is 0.0193. The van der Waals surface area contributed by atoms with Crippen LogP contribution in [0.25, 0.3) is 0 Å². The first-order chi connectivity index (χ1) is 9.51. The van der Waals surface area contributed by atoms with Gasteiger partial charge < -0.3 is 9.80 Å². The van der Waals surface area contributed by atoms with E-state index >= 15 is 0 Å². The first-order valence-electron chi connectivity index (χ1n) is 8.40. The van der Waals surface area contributed by atoms with Crippen molar-refractivity contribution < 1.29 is 0 Å². The van der Waals surface area contributed by atoms with Crippen LogP contribution >= 0.6 is 0 Å². The third-order valence-electron chi connectivity index (χ3n) is 5.34. The van der Waals surface area contributed by atoms with Crippen LogP contribution < -0.4 is 0 Å². The fraction of sp³-hybridized carbons (Fsp3) is 0.941. The molecule has 116 valence electrons. The summed E-state index contributed by atoms with van der Waals surface area (Å²) in [7, 11) is 6.58. The van der Waals surface area contributed by atoms with Gasteiger partial charge in [0.2, 0.25) is 0 Å². The molecule has 0 bridgehead atoms. The monoisotopic (exact) mass is 279 g/mol. The van der Waals surface area contributed by atoms with E-state index in [1.807, 2.05) is 0 Å². The molecule has 2 aliphatic rings. The average Bonchev–Trinajstić information content (AvgIpc) is 2.45. The summed E-state index contributed by atoms with van der Waals surface area (Å²) in [6, 6.07) is 0.749. The van der Waals surface area contributed by atoms with Crippen molar-refractivity contribution in [2.45, 2.75) is 56.5 Å². The molecule has 0 unspecified atom stereocenters.